The molecule has 0 N–H and O–H groups in total. The molecule has 0 aliphatic carbocycles. The molecule has 18 heavy (non-hydrogen) atoms. The van der Waals surface area contributed by atoms with E-state index in [1.54, 1.807) is 24.3 Å². The van der Waals surface area contributed by atoms with E-state index in [2.05, 4.69) is 10.3 Å². The molecular formula is C10H7BF3N4-. The van der Waals surface area contributed by atoms with E-state index in [9.17, 15) is 12.9 Å². The summed E-state index contributed by atoms with van der Waals surface area (Å²) in [7, 11) is 0. The van der Waals surface area contributed by atoms with Crippen molar-refractivity contribution in [1.82, 2.24) is 15.0 Å². The van der Waals surface area contributed by atoms with Crippen molar-refractivity contribution in [2.45, 2.75) is 6.54 Å². The minimum Gasteiger partial charge on any atom is -0.444 e. The van der Waals surface area contributed by atoms with Crippen LogP contribution in [0.15, 0.2) is 30.5 Å². The van der Waals surface area contributed by atoms with Gasteiger partial charge in [-0.15, -0.1) is 0 Å². The molecule has 1 aromatic carbocycles. The highest BCUT2D eigenvalue weighted by Crippen LogP contribution is 2.08. The summed E-state index contributed by atoms with van der Waals surface area (Å²) in [5.74, 6) is 0. The number of nitriles is 1. The lowest BCUT2D eigenvalue weighted by atomic mass is 9.87. The molecule has 0 aliphatic rings. The third-order valence-electron chi connectivity index (χ3n) is 2.32. The van der Waals surface area contributed by atoms with Crippen LogP contribution in [-0.4, -0.2) is 22.0 Å². The highest BCUT2D eigenvalue weighted by molar-refractivity contribution is 6.72. The molecule has 0 unspecified atom stereocenters. The number of hydrogen-bond donors (Lipinski definition) is 0. The average Bonchev–Trinajstić information content (AvgIpc) is 2.78. The second-order valence-corrected chi connectivity index (χ2v) is 3.72. The van der Waals surface area contributed by atoms with Gasteiger partial charge in [-0.1, -0.05) is 17.3 Å². The predicted octanol–water partition coefficient (Wildman–Crippen LogP) is 1.25. The van der Waals surface area contributed by atoms with Gasteiger partial charge < -0.3 is 12.9 Å². The molecule has 0 saturated heterocycles. The van der Waals surface area contributed by atoms with Crippen molar-refractivity contribution in [3.8, 4) is 6.07 Å². The smallest absolute Gasteiger partial charge is 0.444 e. The fourth-order valence-corrected chi connectivity index (χ4v) is 1.41. The number of halogens is 3. The Morgan fingerprint density at radius 2 is 1.89 bits per heavy atom. The van der Waals surface area contributed by atoms with Crippen molar-refractivity contribution >= 4 is 12.6 Å². The summed E-state index contributed by atoms with van der Waals surface area (Å²) in [4.78, 5) is 0. The van der Waals surface area contributed by atoms with Crippen LogP contribution in [0, 0.1) is 11.3 Å². The topological polar surface area (TPSA) is 54.5 Å². The van der Waals surface area contributed by atoms with Crippen LogP contribution in [0.25, 0.3) is 0 Å². The SMILES string of the molecule is N#Cc1ccc(Cn2cc([B-](F)(F)F)nn2)cc1. The summed E-state index contributed by atoms with van der Waals surface area (Å²) >= 11 is 0. The molecule has 1 heterocycles. The molecule has 0 atom stereocenters. The molecule has 92 valence electrons. The summed E-state index contributed by atoms with van der Waals surface area (Å²) < 4.78 is 38.2. The van der Waals surface area contributed by atoms with Crippen LogP contribution in [0.4, 0.5) is 12.9 Å². The molecule has 0 aliphatic heterocycles. The average molecular weight is 251 g/mol. The quantitative estimate of drug-likeness (QED) is 0.771. The Kier molecular flexibility index (Phi) is 3.06. The molecule has 0 bridgehead atoms. The van der Waals surface area contributed by atoms with Gasteiger partial charge in [-0.05, 0) is 17.7 Å². The summed E-state index contributed by atoms with van der Waals surface area (Å²) in [5.41, 5.74) is 0.292. The first-order valence-electron chi connectivity index (χ1n) is 5.08. The lowest BCUT2D eigenvalue weighted by Crippen LogP contribution is -2.35. The minimum atomic E-state index is -5.11. The van der Waals surface area contributed by atoms with Crippen molar-refractivity contribution in [3.05, 3.63) is 41.6 Å². The van der Waals surface area contributed by atoms with Crippen molar-refractivity contribution < 1.29 is 12.9 Å². The van der Waals surface area contributed by atoms with Gasteiger partial charge in [0.05, 0.1) is 18.2 Å². The Bertz CT molecular complexity index is 582. The lowest BCUT2D eigenvalue weighted by Gasteiger charge is -2.08. The fraction of sp³-hybridized carbons (Fsp3) is 0.100. The Balaban J connectivity index is 2.14. The van der Waals surface area contributed by atoms with Gasteiger partial charge in [0.1, 0.15) is 0 Å². The molecule has 0 spiro atoms. The van der Waals surface area contributed by atoms with Crippen molar-refractivity contribution in [1.29, 1.82) is 5.26 Å². The zero-order valence-electron chi connectivity index (χ0n) is 9.09. The third-order valence-corrected chi connectivity index (χ3v) is 2.32. The van der Waals surface area contributed by atoms with Crippen molar-refractivity contribution in [2.24, 2.45) is 0 Å². The number of hydrogen-bond acceptors (Lipinski definition) is 3. The van der Waals surface area contributed by atoms with E-state index in [0.717, 1.165) is 16.4 Å². The molecule has 4 nitrogen and oxygen atoms in total. The lowest BCUT2D eigenvalue weighted by molar-refractivity contribution is 0.498. The number of rotatable bonds is 3. The van der Waals surface area contributed by atoms with E-state index < -0.39 is 12.6 Å². The van der Waals surface area contributed by atoms with Gasteiger partial charge in [0.2, 0.25) is 0 Å². The van der Waals surface area contributed by atoms with E-state index in [1.807, 2.05) is 6.07 Å². The number of aromatic nitrogens is 3. The first-order valence-corrected chi connectivity index (χ1v) is 5.08. The standard InChI is InChI=1S/C10H7BF3N4/c12-11(13,14)10-7-18(17-16-10)6-9-3-1-8(5-15)2-4-9/h1-4,7H,6H2/q-1. The Labute approximate surface area is 101 Å². The van der Waals surface area contributed by atoms with Crippen LogP contribution in [-0.2, 0) is 6.54 Å². The van der Waals surface area contributed by atoms with E-state index in [1.165, 1.54) is 0 Å². The summed E-state index contributed by atoms with van der Waals surface area (Å²) in [6.45, 7) is -4.93. The summed E-state index contributed by atoms with van der Waals surface area (Å²) in [6.07, 6.45) is 0.873. The van der Waals surface area contributed by atoms with Crippen LogP contribution in [0.3, 0.4) is 0 Å². The van der Waals surface area contributed by atoms with Crippen LogP contribution in [0.2, 0.25) is 0 Å². The predicted molar refractivity (Wildman–Crippen MR) is 59.0 cm³/mol. The molecule has 8 heteroatoms. The van der Waals surface area contributed by atoms with Crippen LogP contribution < -0.4 is 5.59 Å². The summed E-state index contributed by atoms with van der Waals surface area (Å²) in [6, 6.07) is 8.49. The fourth-order valence-electron chi connectivity index (χ4n) is 1.41. The molecule has 0 amide bonds. The Hall–Kier alpha value is -2.30. The first kappa shape index (κ1) is 12.2. The second kappa shape index (κ2) is 4.53. The molecule has 2 aromatic rings. The molecule has 0 radical (unpaired) electrons. The van der Waals surface area contributed by atoms with E-state index in [-0.39, 0.29) is 6.54 Å². The highest BCUT2D eigenvalue weighted by atomic mass is 19.4. The van der Waals surface area contributed by atoms with E-state index >= 15 is 0 Å². The maximum Gasteiger partial charge on any atom is 0.531 e. The molecule has 0 saturated carbocycles. The van der Waals surface area contributed by atoms with Crippen LogP contribution in [0.5, 0.6) is 0 Å². The minimum absolute atomic E-state index is 0.185. The van der Waals surface area contributed by atoms with E-state index in [4.69, 9.17) is 5.26 Å². The van der Waals surface area contributed by atoms with Crippen molar-refractivity contribution in [2.75, 3.05) is 0 Å². The summed E-state index contributed by atoms with van der Waals surface area (Å²) in [5, 5.41) is 15.1. The molecular weight excluding hydrogens is 244 g/mol. The normalized spacial score (nSPS) is 11.2. The molecule has 2 rings (SSSR count). The zero-order valence-corrected chi connectivity index (χ0v) is 9.09. The largest absolute Gasteiger partial charge is 0.531 e. The van der Waals surface area contributed by atoms with Gasteiger partial charge in [0.15, 0.2) is 0 Å². The Morgan fingerprint density at radius 3 is 2.39 bits per heavy atom. The molecule has 0 fully saturated rings. The van der Waals surface area contributed by atoms with Gasteiger partial charge in [-0.3, -0.25) is 4.68 Å². The second-order valence-electron chi connectivity index (χ2n) is 3.72. The Morgan fingerprint density at radius 1 is 1.22 bits per heavy atom. The van der Waals surface area contributed by atoms with Crippen LogP contribution >= 0.6 is 0 Å². The third kappa shape index (κ3) is 2.68. The van der Waals surface area contributed by atoms with Gasteiger partial charge >= 0.3 is 6.98 Å². The van der Waals surface area contributed by atoms with Crippen molar-refractivity contribution in [3.63, 3.8) is 0 Å². The number of nitrogens with zero attached hydrogens (tertiary/aromatic N) is 4. The van der Waals surface area contributed by atoms with Crippen LogP contribution in [0.1, 0.15) is 11.1 Å². The van der Waals surface area contributed by atoms with E-state index in [0.29, 0.717) is 5.56 Å². The highest BCUT2D eigenvalue weighted by Gasteiger charge is 2.29. The van der Waals surface area contributed by atoms with Gasteiger partial charge in [0.25, 0.3) is 0 Å². The first-order chi connectivity index (χ1) is 8.49. The monoisotopic (exact) mass is 251 g/mol. The zero-order chi connectivity index (χ0) is 13.2. The maximum atomic E-state index is 12.3. The maximum absolute atomic E-state index is 12.3. The number of benzene rings is 1. The van der Waals surface area contributed by atoms with Gasteiger partial charge in [-0.2, -0.15) is 10.4 Å². The van der Waals surface area contributed by atoms with Gasteiger partial charge in [0, 0.05) is 11.8 Å². The van der Waals surface area contributed by atoms with Gasteiger partial charge in [-0.25, -0.2) is 0 Å². The molecule has 1 aromatic heterocycles.